The maximum atomic E-state index is 3.82. The SMILES string of the molecule is c1ccc(CN[C@@H](c2cccs2)[C@@H](NCc2ccccc2)c2cccs2)cc1. The van der Waals surface area contributed by atoms with Crippen molar-refractivity contribution in [2.24, 2.45) is 0 Å². The molecule has 2 aromatic heterocycles. The monoisotopic (exact) mass is 404 g/mol. The smallest absolute Gasteiger partial charge is 0.0623 e. The van der Waals surface area contributed by atoms with Gasteiger partial charge in [0.05, 0.1) is 12.1 Å². The van der Waals surface area contributed by atoms with Crippen molar-refractivity contribution in [3.8, 4) is 0 Å². The number of hydrogen-bond acceptors (Lipinski definition) is 4. The molecule has 4 rings (SSSR count). The third-order valence-electron chi connectivity index (χ3n) is 4.77. The minimum atomic E-state index is 0.211. The van der Waals surface area contributed by atoms with E-state index in [2.05, 4.69) is 106 Å². The summed E-state index contributed by atoms with van der Waals surface area (Å²) in [6, 6.07) is 30.4. The zero-order valence-electron chi connectivity index (χ0n) is 15.6. The maximum absolute atomic E-state index is 3.82. The highest BCUT2D eigenvalue weighted by Gasteiger charge is 2.26. The summed E-state index contributed by atoms with van der Waals surface area (Å²) in [5.41, 5.74) is 2.61. The van der Waals surface area contributed by atoms with E-state index < -0.39 is 0 Å². The molecule has 0 aliphatic carbocycles. The molecule has 0 aliphatic heterocycles. The number of nitrogens with one attached hydrogen (secondary N) is 2. The lowest BCUT2D eigenvalue weighted by Crippen LogP contribution is -2.34. The van der Waals surface area contributed by atoms with Crippen LogP contribution in [0.2, 0.25) is 0 Å². The molecule has 0 fully saturated rings. The molecule has 0 unspecified atom stereocenters. The highest BCUT2D eigenvalue weighted by Crippen LogP contribution is 2.34. The Morgan fingerprint density at radius 1 is 0.536 bits per heavy atom. The Hall–Kier alpha value is -2.24. The number of thiophene rings is 2. The standard InChI is InChI=1S/C24H24N2S2/c1-3-9-19(10-4-1)17-25-23(21-13-7-15-27-21)24(22-14-8-16-28-22)26-18-20-11-5-2-6-12-20/h1-16,23-26H,17-18H2/t23-,24-/m0/s1. The van der Waals surface area contributed by atoms with Crippen LogP contribution >= 0.6 is 22.7 Å². The predicted octanol–water partition coefficient (Wildman–Crippen LogP) is 6.17. The van der Waals surface area contributed by atoms with Crippen molar-refractivity contribution in [1.82, 2.24) is 10.6 Å². The Morgan fingerprint density at radius 3 is 1.32 bits per heavy atom. The molecule has 2 nitrogen and oxygen atoms in total. The Bertz CT molecular complexity index is 840. The van der Waals surface area contributed by atoms with Gasteiger partial charge in [0.2, 0.25) is 0 Å². The topological polar surface area (TPSA) is 24.1 Å². The van der Waals surface area contributed by atoms with Crippen LogP contribution in [-0.4, -0.2) is 0 Å². The third kappa shape index (κ3) is 4.97. The molecule has 2 atom stereocenters. The molecule has 0 spiro atoms. The van der Waals surface area contributed by atoms with E-state index in [0.29, 0.717) is 0 Å². The van der Waals surface area contributed by atoms with E-state index in [-0.39, 0.29) is 12.1 Å². The zero-order chi connectivity index (χ0) is 19.0. The van der Waals surface area contributed by atoms with E-state index >= 15 is 0 Å². The van der Waals surface area contributed by atoms with E-state index in [4.69, 9.17) is 0 Å². The molecule has 0 bridgehead atoms. The van der Waals surface area contributed by atoms with E-state index in [1.165, 1.54) is 20.9 Å². The van der Waals surface area contributed by atoms with Gasteiger partial charge in [0.25, 0.3) is 0 Å². The highest BCUT2D eigenvalue weighted by atomic mass is 32.1. The summed E-state index contributed by atoms with van der Waals surface area (Å²) in [5, 5.41) is 12.0. The molecule has 2 aromatic carbocycles. The summed E-state index contributed by atoms with van der Waals surface area (Å²) >= 11 is 3.63. The number of rotatable bonds is 9. The second-order valence-corrected chi connectivity index (χ2v) is 8.68. The Labute approximate surface area is 174 Å². The molecule has 2 heterocycles. The second kappa shape index (κ2) is 9.80. The molecule has 4 aromatic rings. The van der Waals surface area contributed by atoms with Gasteiger partial charge in [-0.1, -0.05) is 72.8 Å². The Morgan fingerprint density at radius 2 is 0.964 bits per heavy atom. The molecule has 142 valence electrons. The van der Waals surface area contributed by atoms with Crippen LogP contribution in [-0.2, 0) is 13.1 Å². The summed E-state index contributed by atoms with van der Waals surface area (Å²) in [6.07, 6.45) is 0. The van der Waals surface area contributed by atoms with Gasteiger partial charge in [-0.05, 0) is 34.0 Å². The quantitative estimate of drug-likeness (QED) is 0.348. The number of benzene rings is 2. The first-order chi connectivity index (χ1) is 13.9. The fraction of sp³-hybridized carbons (Fsp3) is 0.167. The van der Waals surface area contributed by atoms with Crippen LogP contribution < -0.4 is 10.6 Å². The van der Waals surface area contributed by atoms with Crippen LogP contribution in [0.5, 0.6) is 0 Å². The molecule has 0 saturated heterocycles. The van der Waals surface area contributed by atoms with Crippen molar-refractivity contribution < 1.29 is 0 Å². The van der Waals surface area contributed by atoms with Gasteiger partial charge in [-0.3, -0.25) is 0 Å². The van der Waals surface area contributed by atoms with Crippen LogP contribution in [0.3, 0.4) is 0 Å². The van der Waals surface area contributed by atoms with Crippen molar-refractivity contribution >= 4 is 22.7 Å². The fourth-order valence-electron chi connectivity index (χ4n) is 3.35. The molecule has 28 heavy (non-hydrogen) atoms. The van der Waals surface area contributed by atoms with E-state index in [0.717, 1.165) is 13.1 Å². The highest BCUT2D eigenvalue weighted by molar-refractivity contribution is 7.10. The fourth-order valence-corrected chi connectivity index (χ4v) is 5.02. The maximum Gasteiger partial charge on any atom is 0.0623 e. The van der Waals surface area contributed by atoms with Gasteiger partial charge >= 0.3 is 0 Å². The first-order valence-electron chi connectivity index (χ1n) is 9.51. The molecule has 2 N–H and O–H groups in total. The van der Waals surface area contributed by atoms with Crippen molar-refractivity contribution in [2.75, 3.05) is 0 Å². The van der Waals surface area contributed by atoms with E-state index in [1.807, 2.05) is 22.7 Å². The molecule has 0 radical (unpaired) electrons. The third-order valence-corrected chi connectivity index (χ3v) is 6.68. The molecule has 0 aliphatic rings. The van der Waals surface area contributed by atoms with Crippen molar-refractivity contribution in [3.63, 3.8) is 0 Å². The van der Waals surface area contributed by atoms with Crippen molar-refractivity contribution in [1.29, 1.82) is 0 Å². The Kier molecular flexibility index (Phi) is 6.68. The summed E-state index contributed by atoms with van der Waals surface area (Å²) in [4.78, 5) is 2.71. The van der Waals surface area contributed by atoms with Gasteiger partial charge in [0.1, 0.15) is 0 Å². The average Bonchev–Trinajstić information content (AvgIpc) is 3.46. The van der Waals surface area contributed by atoms with E-state index in [1.54, 1.807) is 0 Å². The minimum absolute atomic E-state index is 0.211. The molecular formula is C24H24N2S2. The van der Waals surface area contributed by atoms with Gasteiger partial charge < -0.3 is 10.6 Å². The molecular weight excluding hydrogens is 380 g/mol. The average molecular weight is 405 g/mol. The zero-order valence-corrected chi connectivity index (χ0v) is 17.3. The Balaban J connectivity index is 1.57. The number of hydrogen-bond donors (Lipinski definition) is 2. The summed E-state index contributed by atoms with van der Waals surface area (Å²) in [6.45, 7) is 1.69. The van der Waals surface area contributed by atoms with Crippen molar-refractivity contribution in [2.45, 2.75) is 25.2 Å². The van der Waals surface area contributed by atoms with Crippen LogP contribution in [0, 0.1) is 0 Å². The van der Waals surface area contributed by atoms with Crippen LogP contribution in [0.25, 0.3) is 0 Å². The lowest BCUT2D eigenvalue weighted by molar-refractivity contribution is 0.390. The lowest BCUT2D eigenvalue weighted by atomic mass is 10.0. The summed E-state index contributed by atoms with van der Waals surface area (Å²) < 4.78 is 0. The summed E-state index contributed by atoms with van der Waals surface area (Å²) in [5.74, 6) is 0. The molecule has 0 saturated carbocycles. The van der Waals surface area contributed by atoms with Gasteiger partial charge in [0.15, 0.2) is 0 Å². The first kappa shape index (κ1) is 19.1. The van der Waals surface area contributed by atoms with E-state index in [9.17, 15) is 0 Å². The van der Waals surface area contributed by atoms with Gasteiger partial charge in [-0.25, -0.2) is 0 Å². The summed E-state index contributed by atoms with van der Waals surface area (Å²) in [7, 11) is 0. The van der Waals surface area contributed by atoms with Crippen LogP contribution in [0.1, 0.15) is 33.0 Å². The van der Waals surface area contributed by atoms with Crippen LogP contribution in [0.4, 0.5) is 0 Å². The second-order valence-electron chi connectivity index (χ2n) is 6.72. The first-order valence-corrected chi connectivity index (χ1v) is 11.3. The largest absolute Gasteiger partial charge is 0.304 e. The molecule has 0 amide bonds. The molecule has 4 heteroatoms. The minimum Gasteiger partial charge on any atom is -0.304 e. The predicted molar refractivity (Wildman–Crippen MR) is 121 cm³/mol. The van der Waals surface area contributed by atoms with Gasteiger partial charge in [-0.15, -0.1) is 22.7 Å². The van der Waals surface area contributed by atoms with Crippen LogP contribution in [0.15, 0.2) is 95.7 Å². The van der Waals surface area contributed by atoms with Gasteiger partial charge in [-0.2, -0.15) is 0 Å². The lowest BCUT2D eigenvalue weighted by Gasteiger charge is -2.28. The van der Waals surface area contributed by atoms with Crippen molar-refractivity contribution in [3.05, 3.63) is 117 Å². The van der Waals surface area contributed by atoms with Gasteiger partial charge in [0, 0.05) is 22.8 Å². The normalized spacial score (nSPS) is 13.3.